The molecule has 5 nitrogen and oxygen atoms in total. The number of phenolic OH excluding ortho intramolecular Hbond substituents is 1. The summed E-state index contributed by atoms with van der Waals surface area (Å²) < 4.78 is 5.22. The predicted molar refractivity (Wildman–Crippen MR) is 108 cm³/mol. The van der Waals surface area contributed by atoms with Gasteiger partial charge >= 0.3 is 0 Å². The molecule has 0 aromatic heterocycles. The van der Waals surface area contributed by atoms with E-state index in [0.717, 1.165) is 29.4 Å². The maximum Gasteiger partial charge on any atom is 0.191 e. The molecule has 0 atom stereocenters. The van der Waals surface area contributed by atoms with Crippen LogP contribution in [0, 0.1) is 0 Å². The van der Waals surface area contributed by atoms with E-state index in [1.165, 1.54) is 0 Å². The smallest absolute Gasteiger partial charge is 0.191 e. The lowest BCUT2D eigenvalue weighted by Gasteiger charge is -2.11. The first-order chi connectivity index (χ1) is 11.2. The van der Waals surface area contributed by atoms with Crippen molar-refractivity contribution in [2.75, 3.05) is 13.7 Å². The molecule has 0 saturated heterocycles. The summed E-state index contributed by atoms with van der Waals surface area (Å²) in [6, 6.07) is 15.0. The van der Waals surface area contributed by atoms with Crippen LogP contribution in [-0.2, 0) is 13.1 Å². The summed E-state index contributed by atoms with van der Waals surface area (Å²) in [5.41, 5.74) is 2.17. The number of nitrogens with one attached hydrogen (secondary N) is 2. The molecule has 130 valence electrons. The summed E-state index contributed by atoms with van der Waals surface area (Å²) >= 11 is 0. The highest BCUT2D eigenvalue weighted by Gasteiger charge is 2.00. The Morgan fingerprint density at radius 2 is 1.83 bits per heavy atom. The average Bonchev–Trinajstić information content (AvgIpc) is 2.59. The van der Waals surface area contributed by atoms with Crippen molar-refractivity contribution in [3.8, 4) is 11.5 Å². The Labute approximate surface area is 160 Å². The Morgan fingerprint density at radius 1 is 1.08 bits per heavy atom. The molecule has 0 fully saturated rings. The number of guanidine groups is 1. The van der Waals surface area contributed by atoms with Crippen LogP contribution in [-0.4, -0.2) is 24.7 Å². The number of hydrogen-bond acceptors (Lipinski definition) is 3. The quantitative estimate of drug-likeness (QED) is 0.366. The third-order valence-electron chi connectivity index (χ3n) is 3.29. The van der Waals surface area contributed by atoms with Crippen molar-refractivity contribution in [3.63, 3.8) is 0 Å². The van der Waals surface area contributed by atoms with Crippen LogP contribution in [0.3, 0.4) is 0 Å². The molecule has 2 aromatic rings. The molecule has 0 heterocycles. The first-order valence-corrected chi connectivity index (χ1v) is 7.64. The van der Waals surface area contributed by atoms with Crippen LogP contribution in [0.5, 0.6) is 11.5 Å². The maximum absolute atomic E-state index is 9.30. The molecule has 24 heavy (non-hydrogen) atoms. The van der Waals surface area contributed by atoms with Crippen molar-refractivity contribution in [3.05, 3.63) is 59.7 Å². The topological polar surface area (TPSA) is 65.9 Å². The fourth-order valence-corrected chi connectivity index (χ4v) is 2.08. The van der Waals surface area contributed by atoms with E-state index in [1.807, 2.05) is 43.3 Å². The number of phenols is 1. The van der Waals surface area contributed by atoms with Gasteiger partial charge in [0, 0.05) is 13.1 Å². The zero-order chi connectivity index (χ0) is 16.5. The lowest BCUT2D eigenvalue weighted by molar-refractivity contribution is 0.414. The van der Waals surface area contributed by atoms with Gasteiger partial charge in [0.2, 0.25) is 0 Å². The monoisotopic (exact) mass is 441 g/mol. The number of aliphatic imine (C=N–C) groups is 1. The third-order valence-corrected chi connectivity index (χ3v) is 3.29. The van der Waals surface area contributed by atoms with E-state index in [-0.39, 0.29) is 29.7 Å². The van der Waals surface area contributed by atoms with Crippen LogP contribution >= 0.6 is 24.0 Å². The van der Waals surface area contributed by atoms with Gasteiger partial charge in [0.15, 0.2) is 5.96 Å². The summed E-state index contributed by atoms with van der Waals surface area (Å²) in [6.07, 6.45) is 0. The number of rotatable bonds is 6. The van der Waals surface area contributed by atoms with Crippen LogP contribution in [0.15, 0.2) is 53.5 Å². The second-order valence-corrected chi connectivity index (χ2v) is 5.07. The Morgan fingerprint density at radius 3 is 2.50 bits per heavy atom. The summed E-state index contributed by atoms with van der Waals surface area (Å²) in [4.78, 5) is 4.58. The molecular weight excluding hydrogens is 417 g/mol. The third kappa shape index (κ3) is 6.66. The van der Waals surface area contributed by atoms with Gasteiger partial charge in [0.25, 0.3) is 0 Å². The number of hydrogen-bond donors (Lipinski definition) is 3. The highest BCUT2D eigenvalue weighted by Crippen LogP contribution is 2.13. The SMILES string of the molecule is CCNC(=NCc1cccc(OC)c1)NCc1ccc(O)cc1.I. The number of nitrogens with zero attached hydrogens (tertiary/aromatic N) is 1. The van der Waals surface area contributed by atoms with E-state index in [9.17, 15) is 5.11 Å². The lowest BCUT2D eigenvalue weighted by Crippen LogP contribution is -2.36. The minimum atomic E-state index is 0. The lowest BCUT2D eigenvalue weighted by atomic mass is 10.2. The Bertz CT molecular complexity index is 645. The van der Waals surface area contributed by atoms with Gasteiger partial charge in [-0.25, -0.2) is 4.99 Å². The molecular formula is C18H24IN3O2. The van der Waals surface area contributed by atoms with E-state index in [4.69, 9.17) is 4.74 Å². The summed E-state index contributed by atoms with van der Waals surface area (Å²) in [5.74, 6) is 1.86. The molecule has 3 N–H and O–H groups in total. The molecule has 0 radical (unpaired) electrons. The fraction of sp³-hybridized carbons (Fsp3) is 0.278. The average molecular weight is 441 g/mol. The predicted octanol–water partition coefficient (Wildman–Crippen LogP) is 3.27. The second-order valence-electron chi connectivity index (χ2n) is 5.07. The van der Waals surface area contributed by atoms with Crippen LogP contribution in [0.2, 0.25) is 0 Å². The highest BCUT2D eigenvalue weighted by atomic mass is 127. The zero-order valence-corrected chi connectivity index (χ0v) is 16.3. The van der Waals surface area contributed by atoms with E-state index in [0.29, 0.717) is 13.1 Å². The number of aromatic hydroxyl groups is 1. The second kappa shape index (κ2) is 10.7. The largest absolute Gasteiger partial charge is 0.508 e. The molecule has 0 unspecified atom stereocenters. The number of methoxy groups -OCH3 is 1. The van der Waals surface area contributed by atoms with Gasteiger partial charge in [0.1, 0.15) is 11.5 Å². The minimum absolute atomic E-state index is 0. The van der Waals surface area contributed by atoms with Gasteiger partial charge in [0.05, 0.1) is 13.7 Å². The van der Waals surface area contributed by atoms with Crippen molar-refractivity contribution < 1.29 is 9.84 Å². The Hall–Kier alpha value is -1.96. The molecule has 2 aromatic carbocycles. The van der Waals surface area contributed by atoms with Gasteiger partial charge in [-0.05, 0) is 42.3 Å². The number of benzene rings is 2. The maximum atomic E-state index is 9.30. The standard InChI is InChI=1S/C18H23N3O2.HI/c1-3-19-18(20-12-14-7-9-16(22)10-8-14)21-13-15-5-4-6-17(11-15)23-2;/h4-11,22H,3,12-13H2,1-2H3,(H2,19,20,21);1H. The normalized spacial score (nSPS) is 10.7. The van der Waals surface area contributed by atoms with Crippen molar-refractivity contribution in [2.24, 2.45) is 4.99 Å². The van der Waals surface area contributed by atoms with Crippen molar-refractivity contribution in [2.45, 2.75) is 20.0 Å². The first-order valence-electron chi connectivity index (χ1n) is 7.64. The van der Waals surface area contributed by atoms with E-state index >= 15 is 0 Å². The van der Waals surface area contributed by atoms with Gasteiger partial charge < -0.3 is 20.5 Å². The molecule has 6 heteroatoms. The van der Waals surface area contributed by atoms with Crippen molar-refractivity contribution in [1.29, 1.82) is 0 Å². The zero-order valence-electron chi connectivity index (χ0n) is 14.0. The number of halogens is 1. The van der Waals surface area contributed by atoms with E-state index in [1.54, 1.807) is 19.2 Å². The van der Waals surface area contributed by atoms with Gasteiger partial charge in [-0.3, -0.25) is 0 Å². The van der Waals surface area contributed by atoms with Crippen LogP contribution in [0.4, 0.5) is 0 Å². The Balaban J connectivity index is 0.00000288. The van der Waals surface area contributed by atoms with Crippen molar-refractivity contribution >= 4 is 29.9 Å². The van der Waals surface area contributed by atoms with Crippen LogP contribution < -0.4 is 15.4 Å². The molecule has 0 aliphatic carbocycles. The first kappa shape index (κ1) is 20.1. The van der Waals surface area contributed by atoms with E-state index in [2.05, 4.69) is 15.6 Å². The fourth-order valence-electron chi connectivity index (χ4n) is 2.08. The van der Waals surface area contributed by atoms with Crippen LogP contribution in [0.1, 0.15) is 18.1 Å². The molecule has 0 saturated carbocycles. The van der Waals surface area contributed by atoms with Gasteiger partial charge in [-0.15, -0.1) is 24.0 Å². The molecule has 0 amide bonds. The van der Waals surface area contributed by atoms with Gasteiger partial charge in [-0.1, -0.05) is 24.3 Å². The molecule has 0 bridgehead atoms. The summed E-state index contributed by atoms with van der Waals surface area (Å²) in [7, 11) is 1.66. The number of ether oxygens (including phenoxy) is 1. The molecule has 0 aliphatic rings. The van der Waals surface area contributed by atoms with E-state index < -0.39 is 0 Å². The molecule has 0 aliphatic heterocycles. The summed E-state index contributed by atoms with van der Waals surface area (Å²) in [6.45, 7) is 4.04. The molecule has 2 rings (SSSR count). The van der Waals surface area contributed by atoms with Gasteiger partial charge in [-0.2, -0.15) is 0 Å². The summed E-state index contributed by atoms with van der Waals surface area (Å²) in [5, 5.41) is 15.8. The molecule has 0 spiro atoms. The Kier molecular flexibility index (Phi) is 8.99. The van der Waals surface area contributed by atoms with Crippen LogP contribution in [0.25, 0.3) is 0 Å². The van der Waals surface area contributed by atoms with Crippen molar-refractivity contribution in [1.82, 2.24) is 10.6 Å². The minimum Gasteiger partial charge on any atom is -0.508 e. The highest BCUT2D eigenvalue weighted by molar-refractivity contribution is 14.0.